The molecule has 0 saturated heterocycles. The number of nitrogens with one attached hydrogen (secondary N) is 1. The summed E-state index contributed by atoms with van der Waals surface area (Å²) in [5.41, 5.74) is 1.76. The molecule has 0 fully saturated rings. The van der Waals surface area contributed by atoms with Crippen LogP contribution in [0.2, 0.25) is 0 Å². The zero-order valence-corrected chi connectivity index (χ0v) is 13.9. The Bertz CT molecular complexity index is 923. The largest absolute Gasteiger partial charge is 0.348 e. The maximum absolute atomic E-state index is 12.3. The Labute approximate surface area is 136 Å². The van der Waals surface area contributed by atoms with Crippen molar-refractivity contribution in [1.29, 1.82) is 0 Å². The Morgan fingerprint density at radius 2 is 2.26 bits per heavy atom. The first-order chi connectivity index (χ1) is 11.0. The predicted molar refractivity (Wildman–Crippen MR) is 88.4 cm³/mol. The van der Waals surface area contributed by atoms with Crippen molar-refractivity contribution in [3.8, 4) is 0 Å². The lowest BCUT2D eigenvalue weighted by molar-refractivity contribution is -0.122. The molecule has 120 valence electrons. The molecule has 0 aromatic carbocycles. The van der Waals surface area contributed by atoms with E-state index in [0.717, 1.165) is 11.3 Å². The van der Waals surface area contributed by atoms with E-state index in [-0.39, 0.29) is 24.1 Å². The number of aromatic nitrogens is 4. The molecule has 3 heterocycles. The van der Waals surface area contributed by atoms with E-state index in [9.17, 15) is 9.59 Å². The summed E-state index contributed by atoms with van der Waals surface area (Å²) in [6.45, 7) is 3.79. The Morgan fingerprint density at radius 1 is 1.48 bits per heavy atom. The van der Waals surface area contributed by atoms with Crippen molar-refractivity contribution in [3.63, 3.8) is 0 Å². The highest BCUT2D eigenvalue weighted by Gasteiger charge is 2.15. The second-order valence-electron chi connectivity index (χ2n) is 5.42. The van der Waals surface area contributed by atoms with Crippen LogP contribution in [0.15, 0.2) is 28.8 Å². The topological polar surface area (TPSA) is 81.8 Å². The minimum atomic E-state index is -0.237. The number of rotatable bonds is 4. The molecule has 0 spiro atoms. The van der Waals surface area contributed by atoms with Crippen molar-refractivity contribution in [1.82, 2.24) is 24.6 Å². The fraction of sp³-hybridized carbons (Fsp3) is 0.333. The van der Waals surface area contributed by atoms with Crippen molar-refractivity contribution in [3.05, 3.63) is 45.6 Å². The first kappa shape index (κ1) is 15.4. The molecule has 0 saturated carbocycles. The van der Waals surface area contributed by atoms with Crippen LogP contribution in [-0.4, -0.2) is 25.2 Å². The van der Waals surface area contributed by atoms with Crippen molar-refractivity contribution in [2.24, 2.45) is 7.05 Å². The number of thiophene rings is 1. The zero-order chi connectivity index (χ0) is 16.6. The monoisotopic (exact) mass is 331 g/mol. The van der Waals surface area contributed by atoms with Gasteiger partial charge in [0.2, 0.25) is 5.91 Å². The second-order valence-corrected chi connectivity index (χ2v) is 6.31. The molecule has 3 rings (SSSR count). The number of carbonyl (C=O) groups is 1. The molecule has 23 heavy (non-hydrogen) atoms. The van der Waals surface area contributed by atoms with Gasteiger partial charge in [-0.15, -0.1) is 11.3 Å². The molecule has 3 aromatic rings. The summed E-state index contributed by atoms with van der Waals surface area (Å²) in [4.78, 5) is 29.4. The molecule has 3 aromatic heterocycles. The number of carbonyl (C=O) groups excluding carboxylic acids is 1. The van der Waals surface area contributed by atoms with Gasteiger partial charge < -0.3 is 5.32 Å². The van der Waals surface area contributed by atoms with Crippen LogP contribution in [0.5, 0.6) is 0 Å². The van der Waals surface area contributed by atoms with E-state index in [0.29, 0.717) is 10.2 Å². The van der Waals surface area contributed by atoms with E-state index in [1.165, 1.54) is 22.2 Å². The highest BCUT2D eigenvalue weighted by Crippen LogP contribution is 2.16. The van der Waals surface area contributed by atoms with Crippen LogP contribution in [0.25, 0.3) is 10.2 Å². The molecule has 7 nitrogen and oxygen atoms in total. The predicted octanol–water partition coefficient (Wildman–Crippen LogP) is 1.38. The maximum atomic E-state index is 12.3. The molecular weight excluding hydrogens is 314 g/mol. The summed E-state index contributed by atoms with van der Waals surface area (Å²) >= 11 is 1.41. The Hall–Kier alpha value is -2.48. The molecule has 0 radical (unpaired) electrons. The molecule has 1 unspecified atom stereocenters. The van der Waals surface area contributed by atoms with Gasteiger partial charge in [0.05, 0.1) is 24.0 Å². The number of hydrogen-bond donors (Lipinski definition) is 1. The highest BCUT2D eigenvalue weighted by molar-refractivity contribution is 7.16. The third-order valence-corrected chi connectivity index (χ3v) is 4.70. The van der Waals surface area contributed by atoms with Gasteiger partial charge in [-0.25, -0.2) is 4.98 Å². The first-order valence-electron chi connectivity index (χ1n) is 7.18. The molecule has 8 heteroatoms. The summed E-state index contributed by atoms with van der Waals surface area (Å²) in [7, 11) is 1.86. The molecule has 0 aliphatic carbocycles. The lowest BCUT2D eigenvalue weighted by Gasteiger charge is -2.14. The fourth-order valence-electron chi connectivity index (χ4n) is 2.47. The smallest absolute Gasteiger partial charge is 0.262 e. The minimum absolute atomic E-state index is 0.0543. The number of amides is 1. The van der Waals surface area contributed by atoms with Gasteiger partial charge in [0, 0.05) is 18.3 Å². The van der Waals surface area contributed by atoms with Crippen molar-refractivity contribution < 1.29 is 4.79 Å². The standard InChI is InChI=1S/C15H17N5O2S/c1-9(12-6-17-19(3)10(12)2)18-13(21)7-20-8-16-14-11(15(20)22)4-5-23-14/h4-6,8-9H,7H2,1-3H3,(H,18,21). The quantitative estimate of drug-likeness (QED) is 0.783. The van der Waals surface area contributed by atoms with Crippen LogP contribution >= 0.6 is 11.3 Å². The summed E-state index contributed by atoms with van der Waals surface area (Å²) in [5.74, 6) is -0.237. The van der Waals surface area contributed by atoms with Crippen LogP contribution in [-0.2, 0) is 18.4 Å². The average Bonchev–Trinajstić information content (AvgIpc) is 3.10. The van der Waals surface area contributed by atoms with Crippen molar-refractivity contribution in [2.45, 2.75) is 26.4 Å². The van der Waals surface area contributed by atoms with Crippen LogP contribution in [0.3, 0.4) is 0 Å². The average molecular weight is 331 g/mol. The summed E-state index contributed by atoms with van der Waals surface area (Å²) in [6.07, 6.45) is 3.16. The highest BCUT2D eigenvalue weighted by atomic mass is 32.1. The molecule has 0 aliphatic heterocycles. The number of aryl methyl sites for hydroxylation is 1. The van der Waals surface area contributed by atoms with Crippen molar-refractivity contribution in [2.75, 3.05) is 0 Å². The van der Waals surface area contributed by atoms with E-state index in [1.54, 1.807) is 16.9 Å². The number of hydrogen-bond acceptors (Lipinski definition) is 5. The molecule has 1 N–H and O–H groups in total. The van der Waals surface area contributed by atoms with Crippen LogP contribution in [0, 0.1) is 6.92 Å². The Kier molecular flexibility index (Phi) is 3.99. The molecule has 0 aliphatic rings. The minimum Gasteiger partial charge on any atom is -0.348 e. The Morgan fingerprint density at radius 3 is 2.96 bits per heavy atom. The van der Waals surface area contributed by atoms with Crippen molar-refractivity contribution >= 4 is 27.5 Å². The number of nitrogens with zero attached hydrogens (tertiary/aromatic N) is 4. The SMILES string of the molecule is Cc1c(C(C)NC(=O)Cn2cnc3sccc3c2=O)cnn1C. The molecular formula is C15H17N5O2S. The fourth-order valence-corrected chi connectivity index (χ4v) is 3.19. The molecule has 1 amide bonds. The third-order valence-electron chi connectivity index (χ3n) is 3.88. The summed E-state index contributed by atoms with van der Waals surface area (Å²) in [5, 5.41) is 9.42. The third kappa shape index (κ3) is 2.89. The van der Waals surface area contributed by atoms with Gasteiger partial charge in [0.15, 0.2) is 0 Å². The van der Waals surface area contributed by atoms with Gasteiger partial charge in [0.25, 0.3) is 5.56 Å². The van der Waals surface area contributed by atoms with Crippen LogP contribution in [0.4, 0.5) is 0 Å². The van der Waals surface area contributed by atoms with Gasteiger partial charge in [-0.2, -0.15) is 5.10 Å². The first-order valence-corrected chi connectivity index (χ1v) is 8.06. The zero-order valence-electron chi connectivity index (χ0n) is 13.1. The van der Waals surface area contributed by atoms with Gasteiger partial charge in [0.1, 0.15) is 11.4 Å². The van der Waals surface area contributed by atoms with Gasteiger partial charge in [-0.05, 0) is 25.3 Å². The summed E-state index contributed by atoms with van der Waals surface area (Å²) < 4.78 is 3.09. The van der Waals surface area contributed by atoms with E-state index >= 15 is 0 Å². The Balaban J connectivity index is 1.74. The van der Waals surface area contributed by atoms with E-state index in [2.05, 4.69) is 15.4 Å². The van der Waals surface area contributed by atoms with E-state index < -0.39 is 0 Å². The number of fused-ring (bicyclic) bond motifs is 1. The van der Waals surface area contributed by atoms with E-state index in [1.807, 2.05) is 26.3 Å². The van der Waals surface area contributed by atoms with Crippen LogP contribution in [0.1, 0.15) is 24.2 Å². The van der Waals surface area contributed by atoms with E-state index in [4.69, 9.17) is 0 Å². The summed E-state index contributed by atoms with van der Waals surface area (Å²) in [6, 6.07) is 1.55. The van der Waals surface area contributed by atoms with Gasteiger partial charge >= 0.3 is 0 Å². The normalized spacial score (nSPS) is 12.5. The lowest BCUT2D eigenvalue weighted by Crippen LogP contribution is -2.34. The van der Waals surface area contributed by atoms with Gasteiger partial charge in [-0.1, -0.05) is 0 Å². The molecule has 1 atom stereocenters. The van der Waals surface area contributed by atoms with Crippen LogP contribution < -0.4 is 10.9 Å². The van der Waals surface area contributed by atoms with Gasteiger partial charge in [-0.3, -0.25) is 18.8 Å². The second kappa shape index (κ2) is 5.96. The maximum Gasteiger partial charge on any atom is 0.262 e. The molecule has 0 bridgehead atoms. The lowest BCUT2D eigenvalue weighted by atomic mass is 10.1.